The van der Waals surface area contributed by atoms with Gasteiger partial charge in [0.2, 0.25) is 5.91 Å². The number of carbonyl (C=O) groups is 1. The Morgan fingerprint density at radius 2 is 2.14 bits per heavy atom. The summed E-state index contributed by atoms with van der Waals surface area (Å²) in [6.45, 7) is 0. The van der Waals surface area contributed by atoms with E-state index in [1.165, 1.54) is 6.07 Å². The molecule has 1 fully saturated rings. The van der Waals surface area contributed by atoms with Crippen molar-refractivity contribution in [2.75, 3.05) is 0 Å². The molecule has 0 radical (unpaired) electrons. The Labute approximate surface area is 120 Å². The van der Waals surface area contributed by atoms with Gasteiger partial charge in [-0.2, -0.15) is 0 Å². The Bertz CT molecular complexity index is 563. The van der Waals surface area contributed by atoms with Crippen molar-refractivity contribution in [1.82, 2.24) is 5.32 Å². The van der Waals surface area contributed by atoms with E-state index in [0.717, 1.165) is 31.4 Å². The molecule has 4 N–H and O–H groups in total. The third-order valence-electron chi connectivity index (χ3n) is 3.71. The van der Waals surface area contributed by atoms with E-state index in [4.69, 9.17) is 10.9 Å². The maximum Gasteiger partial charge on any atom is 0.224 e. The second-order valence-corrected chi connectivity index (χ2v) is 5.16. The molecule has 7 heteroatoms. The molecule has 0 heterocycles. The number of amidine groups is 1. The van der Waals surface area contributed by atoms with Gasteiger partial charge in [0.25, 0.3) is 0 Å². The lowest BCUT2D eigenvalue weighted by Crippen LogP contribution is -2.43. The standard InChI is InChI=1S/C14H17F2N3O2/c15-10-5-4-8(6-11(10)16)7-13(20)18-12-3-1-2-9(12)14(17)19-21/h4-6,9,12,21H,1-3,7H2,(H2,17,19)(H,18,20). The Hall–Kier alpha value is -2.18. The summed E-state index contributed by atoms with van der Waals surface area (Å²) in [6, 6.07) is 3.17. The fourth-order valence-electron chi connectivity index (χ4n) is 2.65. The van der Waals surface area contributed by atoms with Crippen LogP contribution in [0.2, 0.25) is 0 Å². The van der Waals surface area contributed by atoms with Gasteiger partial charge in [0.15, 0.2) is 11.6 Å². The molecule has 0 bridgehead atoms. The second kappa shape index (κ2) is 6.51. The maximum absolute atomic E-state index is 13.1. The number of hydrogen-bond acceptors (Lipinski definition) is 3. The highest BCUT2D eigenvalue weighted by Crippen LogP contribution is 2.25. The smallest absolute Gasteiger partial charge is 0.224 e. The van der Waals surface area contributed by atoms with Crippen molar-refractivity contribution in [3.8, 4) is 0 Å². The number of nitrogens with two attached hydrogens (primary N) is 1. The molecular formula is C14H17F2N3O2. The highest BCUT2D eigenvalue weighted by Gasteiger charge is 2.31. The zero-order valence-electron chi connectivity index (χ0n) is 11.4. The monoisotopic (exact) mass is 297 g/mol. The molecule has 5 nitrogen and oxygen atoms in total. The first-order valence-electron chi connectivity index (χ1n) is 6.72. The molecule has 0 saturated heterocycles. The summed E-state index contributed by atoms with van der Waals surface area (Å²) in [6.07, 6.45) is 2.31. The first-order valence-corrected chi connectivity index (χ1v) is 6.72. The minimum Gasteiger partial charge on any atom is -0.409 e. The number of carbonyl (C=O) groups excluding carboxylic acids is 1. The number of rotatable bonds is 4. The average Bonchev–Trinajstić information content (AvgIpc) is 2.90. The summed E-state index contributed by atoms with van der Waals surface area (Å²) in [7, 11) is 0. The largest absolute Gasteiger partial charge is 0.409 e. The molecular weight excluding hydrogens is 280 g/mol. The number of nitrogens with one attached hydrogen (secondary N) is 1. The summed E-state index contributed by atoms with van der Waals surface area (Å²) in [4.78, 5) is 12.0. The van der Waals surface area contributed by atoms with Gasteiger partial charge in [-0.15, -0.1) is 0 Å². The minimum atomic E-state index is -0.976. The van der Waals surface area contributed by atoms with Crippen LogP contribution in [0, 0.1) is 17.6 Å². The Balaban J connectivity index is 1.96. The van der Waals surface area contributed by atoms with Gasteiger partial charge < -0.3 is 16.3 Å². The number of amides is 1. The van der Waals surface area contributed by atoms with Crippen molar-refractivity contribution >= 4 is 11.7 Å². The fourth-order valence-corrected chi connectivity index (χ4v) is 2.65. The van der Waals surface area contributed by atoms with Crippen LogP contribution < -0.4 is 11.1 Å². The third-order valence-corrected chi connectivity index (χ3v) is 3.71. The second-order valence-electron chi connectivity index (χ2n) is 5.16. The van der Waals surface area contributed by atoms with E-state index in [9.17, 15) is 13.6 Å². The number of benzene rings is 1. The summed E-state index contributed by atoms with van der Waals surface area (Å²) < 4.78 is 25.9. The van der Waals surface area contributed by atoms with Gasteiger partial charge in [-0.1, -0.05) is 17.6 Å². The van der Waals surface area contributed by atoms with Gasteiger partial charge in [0.05, 0.1) is 6.42 Å². The molecule has 1 aromatic carbocycles. The van der Waals surface area contributed by atoms with Gasteiger partial charge in [0, 0.05) is 12.0 Å². The van der Waals surface area contributed by atoms with Crippen molar-refractivity contribution in [1.29, 1.82) is 0 Å². The van der Waals surface area contributed by atoms with E-state index in [0.29, 0.717) is 5.56 Å². The fraction of sp³-hybridized carbons (Fsp3) is 0.429. The maximum atomic E-state index is 13.1. The molecule has 1 aliphatic carbocycles. The van der Waals surface area contributed by atoms with Crippen LogP contribution in [0.3, 0.4) is 0 Å². The predicted molar refractivity (Wildman–Crippen MR) is 72.7 cm³/mol. The molecule has 1 amide bonds. The van der Waals surface area contributed by atoms with E-state index >= 15 is 0 Å². The molecule has 2 atom stereocenters. The lowest BCUT2D eigenvalue weighted by Gasteiger charge is -2.19. The third kappa shape index (κ3) is 3.68. The van der Waals surface area contributed by atoms with Crippen molar-refractivity contribution < 1.29 is 18.8 Å². The molecule has 21 heavy (non-hydrogen) atoms. The molecule has 2 rings (SSSR count). The number of halogens is 2. The molecule has 0 aromatic heterocycles. The predicted octanol–water partition coefficient (Wildman–Crippen LogP) is 1.54. The first kappa shape index (κ1) is 15.2. The highest BCUT2D eigenvalue weighted by molar-refractivity contribution is 5.85. The van der Waals surface area contributed by atoms with E-state index in [1.807, 2.05) is 0 Å². The lowest BCUT2D eigenvalue weighted by atomic mass is 10.0. The first-order chi connectivity index (χ1) is 10.0. The van der Waals surface area contributed by atoms with Crippen LogP contribution in [0.15, 0.2) is 23.4 Å². The topological polar surface area (TPSA) is 87.7 Å². The van der Waals surface area contributed by atoms with Crippen LogP contribution in [0.1, 0.15) is 24.8 Å². The van der Waals surface area contributed by atoms with Crippen molar-refractivity contribution in [3.63, 3.8) is 0 Å². The summed E-state index contributed by atoms with van der Waals surface area (Å²) in [5.74, 6) is -2.31. The molecule has 0 spiro atoms. The SMILES string of the molecule is N/C(=N/O)C1CCCC1NC(=O)Cc1ccc(F)c(F)c1. The number of hydrogen-bond donors (Lipinski definition) is 3. The van der Waals surface area contributed by atoms with Gasteiger partial charge in [-0.25, -0.2) is 8.78 Å². The van der Waals surface area contributed by atoms with E-state index in [2.05, 4.69) is 10.5 Å². The Morgan fingerprint density at radius 1 is 1.38 bits per heavy atom. The van der Waals surface area contributed by atoms with Crippen molar-refractivity contribution in [2.24, 2.45) is 16.8 Å². The quantitative estimate of drug-likeness (QED) is 0.341. The molecule has 0 aliphatic heterocycles. The van der Waals surface area contributed by atoms with Gasteiger partial charge in [-0.3, -0.25) is 4.79 Å². The summed E-state index contributed by atoms with van der Waals surface area (Å²) in [5.41, 5.74) is 5.98. The Morgan fingerprint density at radius 3 is 2.81 bits per heavy atom. The van der Waals surface area contributed by atoms with Crippen LogP contribution in [0.4, 0.5) is 8.78 Å². The van der Waals surface area contributed by atoms with Crippen LogP contribution >= 0.6 is 0 Å². The lowest BCUT2D eigenvalue weighted by molar-refractivity contribution is -0.121. The molecule has 1 aromatic rings. The van der Waals surface area contributed by atoms with Crippen LogP contribution in [0.5, 0.6) is 0 Å². The molecule has 1 aliphatic rings. The van der Waals surface area contributed by atoms with Crippen LogP contribution in [-0.4, -0.2) is 23.0 Å². The minimum absolute atomic E-state index is 0.0450. The molecule has 114 valence electrons. The van der Waals surface area contributed by atoms with E-state index in [-0.39, 0.29) is 30.1 Å². The zero-order chi connectivity index (χ0) is 15.4. The van der Waals surface area contributed by atoms with Crippen LogP contribution in [-0.2, 0) is 11.2 Å². The number of nitrogens with zero attached hydrogens (tertiary/aromatic N) is 1. The highest BCUT2D eigenvalue weighted by atomic mass is 19.2. The van der Waals surface area contributed by atoms with Crippen LogP contribution in [0.25, 0.3) is 0 Å². The van der Waals surface area contributed by atoms with E-state index < -0.39 is 11.6 Å². The summed E-state index contributed by atoms with van der Waals surface area (Å²) >= 11 is 0. The Kier molecular flexibility index (Phi) is 4.72. The average molecular weight is 297 g/mol. The van der Waals surface area contributed by atoms with Crippen molar-refractivity contribution in [3.05, 3.63) is 35.4 Å². The van der Waals surface area contributed by atoms with E-state index in [1.54, 1.807) is 0 Å². The number of oxime groups is 1. The van der Waals surface area contributed by atoms with Gasteiger partial charge in [-0.05, 0) is 30.5 Å². The van der Waals surface area contributed by atoms with Gasteiger partial charge >= 0.3 is 0 Å². The molecule has 2 unspecified atom stereocenters. The normalized spacial score (nSPS) is 22.3. The summed E-state index contributed by atoms with van der Waals surface area (Å²) in [5, 5.41) is 14.5. The zero-order valence-corrected chi connectivity index (χ0v) is 11.4. The van der Waals surface area contributed by atoms with Crippen molar-refractivity contribution in [2.45, 2.75) is 31.7 Å². The molecule has 1 saturated carbocycles. The van der Waals surface area contributed by atoms with Gasteiger partial charge in [0.1, 0.15) is 5.84 Å².